The highest BCUT2D eigenvalue weighted by molar-refractivity contribution is 6.01. The van der Waals surface area contributed by atoms with Crippen LogP contribution in [0.1, 0.15) is 36.5 Å². The van der Waals surface area contributed by atoms with E-state index in [9.17, 15) is 9.90 Å². The highest BCUT2D eigenvalue weighted by Gasteiger charge is 2.51. The van der Waals surface area contributed by atoms with Gasteiger partial charge in [0.15, 0.2) is 5.82 Å². The Morgan fingerprint density at radius 1 is 1.18 bits per heavy atom. The maximum Gasteiger partial charge on any atom is 0.254 e. The highest BCUT2D eigenvalue weighted by Crippen LogP contribution is 2.43. The van der Waals surface area contributed by atoms with Crippen LogP contribution in [-0.4, -0.2) is 77.4 Å². The predicted octanol–water partition coefficient (Wildman–Crippen LogP) is 3.67. The van der Waals surface area contributed by atoms with Crippen molar-refractivity contribution in [3.63, 3.8) is 0 Å². The van der Waals surface area contributed by atoms with Crippen molar-refractivity contribution < 1.29 is 14.6 Å². The number of ether oxygens (including phenoxy) is 1. The Kier molecular flexibility index (Phi) is 6.32. The summed E-state index contributed by atoms with van der Waals surface area (Å²) in [6.45, 7) is 4.18. The van der Waals surface area contributed by atoms with E-state index in [1.165, 1.54) is 12.8 Å². The lowest BCUT2D eigenvalue weighted by atomic mass is 9.99. The van der Waals surface area contributed by atoms with Crippen molar-refractivity contribution >= 4 is 27.8 Å². The number of piperidine rings is 1. The normalized spacial score (nSPS) is 23.0. The second kappa shape index (κ2) is 10.2. The summed E-state index contributed by atoms with van der Waals surface area (Å²) in [7, 11) is 3.65. The molecule has 3 aliphatic rings. The van der Waals surface area contributed by atoms with Crippen LogP contribution >= 0.6 is 0 Å². The van der Waals surface area contributed by atoms with Crippen molar-refractivity contribution in [2.24, 2.45) is 30.5 Å². The number of likely N-dealkylation sites (tertiary alicyclic amines) is 1. The number of nitrogens with zero attached hydrogens (tertiary/aromatic N) is 7. The second-order valence-corrected chi connectivity index (χ2v) is 13.0. The van der Waals surface area contributed by atoms with Gasteiger partial charge in [0.2, 0.25) is 0 Å². The number of fused-ring (bicyclic) bond motifs is 4. The maximum atomic E-state index is 13.9. The number of hydrogen-bond donors (Lipinski definition) is 2. The van der Waals surface area contributed by atoms with E-state index in [-0.39, 0.29) is 24.6 Å². The molecule has 228 valence electrons. The lowest BCUT2D eigenvalue weighted by molar-refractivity contribution is 0.0649. The molecule has 1 saturated heterocycles. The molecule has 2 aliphatic carbocycles. The first-order valence-corrected chi connectivity index (χ1v) is 15.6. The molecule has 2 aromatic carbocycles. The van der Waals surface area contributed by atoms with Gasteiger partial charge in [-0.15, -0.1) is 5.10 Å². The molecule has 1 amide bonds. The van der Waals surface area contributed by atoms with Gasteiger partial charge in [-0.2, -0.15) is 0 Å². The summed E-state index contributed by atoms with van der Waals surface area (Å²) in [6.07, 6.45) is 5.38. The van der Waals surface area contributed by atoms with Crippen molar-refractivity contribution in [1.82, 2.24) is 34.0 Å². The SMILES string of the molecule is COc1cc(C(=O)N2C[C@H]3C[C@@H](C)[C@@H]2[C@@H]3N)cc2nc(-c3cc4cccc(-c5cn(CCO)nn5)c4n3CC3CC3)n(C)c12. The molecule has 4 atom stereocenters. The molecule has 2 bridgehead atoms. The first-order valence-electron chi connectivity index (χ1n) is 15.6. The molecule has 1 aliphatic heterocycles. The summed E-state index contributed by atoms with van der Waals surface area (Å²) in [6, 6.07) is 12.3. The van der Waals surface area contributed by atoms with E-state index in [0.717, 1.165) is 57.7 Å². The van der Waals surface area contributed by atoms with Gasteiger partial charge in [-0.1, -0.05) is 30.3 Å². The molecule has 5 aromatic rings. The molecule has 0 unspecified atom stereocenters. The van der Waals surface area contributed by atoms with E-state index in [0.29, 0.717) is 42.2 Å². The Morgan fingerprint density at radius 2 is 2.02 bits per heavy atom. The number of amides is 1. The molecule has 3 aromatic heterocycles. The topological polar surface area (TPSA) is 129 Å². The fraction of sp³-hybridized carbons (Fsp3) is 0.455. The van der Waals surface area contributed by atoms with E-state index >= 15 is 0 Å². The molecule has 3 N–H and O–H groups in total. The Bertz CT molecular complexity index is 1920. The van der Waals surface area contributed by atoms with Gasteiger partial charge in [-0.25, -0.2) is 9.67 Å². The Morgan fingerprint density at radius 3 is 2.75 bits per heavy atom. The Labute approximate surface area is 255 Å². The smallest absolute Gasteiger partial charge is 0.254 e. The van der Waals surface area contributed by atoms with E-state index in [1.54, 1.807) is 11.8 Å². The van der Waals surface area contributed by atoms with Crippen molar-refractivity contribution in [1.29, 1.82) is 0 Å². The van der Waals surface area contributed by atoms with Gasteiger partial charge >= 0.3 is 0 Å². The number of nitrogens with two attached hydrogens (primary N) is 1. The maximum absolute atomic E-state index is 13.9. The zero-order valence-electron chi connectivity index (χ0n) is 25.3. The molecule has 8 rings (SSSR count). The first-order chi connectivity index (χ1) is 21.4. The largest absolute Gasteiger partial charge is 0.494 e. The molecular formula is C33H38N8O3. The first kappa shape index (κ1) is 27.3. The second-order valence-electron chi connectivity index (χ2n) is 13.0. The number of aliphatic hydroxyl groups is 1. The van der Waals surface area contributed by atoms with Gasteiger partial charge in [0.05, 0.1) is 43.2 Å². The van der Waals surface area contributed by atoms with Gasteiger partial charge < -0.3 is 29.6 Å². The van der Waals surface area contributed by atoms with E-state index < -0.39 is 0 Å². The van der Waals surface area contributed by atoms with Crippen LogP contribution in [0.25, 0.3) is 44.7 Å². The third kappa shape index (κ3) is 4.16. The standard InChI is InChI=1S/C33H38N8O3/c1-18-11-22-16-41(29(18)28(22)34)33(43)21-12-24-31(27(14-21)44-3)38(2)32(35-24)26-13-20-5-4-6-23(25-17-39(9-10-42)37-36-25)30(20)40(26)15-19-7-8-19/h4-6,12-14,17-19,22,28-29,42H,7-11,15-16,34H2,1-3H3/t18-,22-,28-,29-/m1/s1. The van der Waals surface area contributed by atoms with Crippen molar-refractivity contribution in [2.75, 3.05) is 20.3 Å². The van der Waals surface area contributed by atoms with Gasteiger partial charge in [0.1, 0.15) is 17.0 Å². The number of rotatable bonds is 8. The summed E-state index contributed by atoms with van der Waals surface area (Å²) < 4.78 is 12.0. The van der Waals surface area contributed by atoms with Crippen LogP contribution in [0, 0.1) is 17.8 Å². The number of aryl methyl sites for hydroxylation is 1. The van der Waals surface area contributed by atoms with Crippen LogP contribution in [-0.2, 0) is 20.1 Å². The number of aromatic nitrogens is 6. The molecule has 11 heteroatoms. The fourth-order valence-electron chi connectivity index (χ4n) is 7.82. The molecule has 11 nitrogen and oxygen atoms in total. The van der Waals surface area contributed by atoms with Crippen LogP contribution < -0.4 is 10.5 Å². The fourth-order valence-corrected chi connectivity index (χ4v) is 7.82. The van der Waals surface area contributed by atoms with Crippen LogP contribution in [0.5, 0.6) is 5.75 Å². The van der Waals surface area contributed by atoms with Gasteiger partial charge in [-0.3, -0.25) is 4.79 Å². The number of carbonyl (C=O) groups excluding carboxylic acids is 1. The Balaban J connectivity index is 1.25. The van der Waals surface area contributed by atoms with E-state index in [4.69, 9.17) is 15.5 Å². The quantitative estimate of drug-likeness (QED) is 0.280. The molecule has 2 saturated carbocycles. The van der Waals surface area contributed by atoms with Crippen LogP contribution in [0.15, 0.2) is 42.6 Å². The summed E-state index contributed by atoms with van der Waals surface area (Å²) in [4.78, 5) is 21.0. The van der Waals surface area contributed by atoms with Gasteiger partial charge in [0.25, 0.3) is 5.91 Å². The number of methoxy groups -OCH3 is 1. The lowest BCUT2D eigenvalue weighted by Gasteiger charge is -2.31. The minimum absolute atomic E-state index is 0.00445. The molecule has 44 heavy (non-hydrogen) atoms. The highest BCUT2D eigenvalue weighted by atomic mass is 16.5. The number of imidazole rings is 1. The molecular weight excluding hydrogens is 556 g/mol. The summed E-state index contributed by atoms with van der Waals surface area (Å²) in [5, 5.41) is 19.1. The monoisotopic (exact) mass is 594 g/mol. The number of para-hydroxylation sites is 1. The number of carbonyl (C=O) groups is 1. The minimum Gasteiger partial charge on any atom is -0.494 e. The third-order valence-corrected chi connectivity index (χ3v) is 10.1. The van der Waals surface area contributed by atoms with Gasteiger partial charge in [-0.05, 0) is 55.2 Å². The summed E-state index contributed by atoms with van der Waals surface area (Å²) in [5.41, 5.74) is 12.5. The average molecular weight is 595 g/mol. The van der Waals surface area contributed by atoms with E-state index in [2.05, 4.69) is 44.6 Å². The molecule has 3 fully saturated rings. The third-order valence-electron chi connectivity index (χ3n) is 10.1. The molecule has 0 spiro atoms. The summed E-state index contributed by atoms with van der Waals surface area (Å²) >= 11 is 0. The van der Waals surface area contributed by atoms with Crippen LogP contribution in [0.2, 0.25) is 0 Å². The summed E-state index contributed by atoms with van der Waals surface area (Å²) in [5.74, 6) is 2.81. The lowest BCUT2D eigenvalue weighted by Crippen LogP contribution is -2.45. The number of benzene rings is 2. The molecule has 4 heterocycles. The van der Waals surface area contributed by atoms with E-state index in [1.807, 2.05) is 36.3 Å². The van der Waals surface area contributed by atoms with Crippen molar-refractivity contribution in [3.05, 3.63) is 48.2 Å². The predicted molar refractivity (Wildman–Crippen MR) is 167 cm³/mol. The van der Waals surface area contributed by atoms with Crippen molar-refractivity contribution in [2.45, 2.75) is 51.4 Å². The Hall–Kier alpha value is -4.22. The zero-order valence-corrected chi connectivity index (χ0v) is 25.3. The zero-order chi connectivity index (χ0) is 30.3. The average Bonchev–Trinajstić information content (AvgIpc) is 3.28. The number of aliphatic hydroxyl groups excluding tert-OH is 1. The minimum atomic E-state index is -0.00589. The van der Waals surface area contributed by atoms with Crippen molar-refractivity contribution in [3.8, 4) is 28.5 Å². The molecule has 0 radical (unpaired) electrons. The van der Waals surface area contributed by atoms with Crippen LogP contribution in [0.4, 0.5) is 0 Å². The van der Waals surface area contributed by atoms with Crippen LogP contribution in [0.3, 0.4) is 0 Å². The van der Waals surface area contributed by atoms with Gasteiger partial charge in [0, 0.05) is 48.7 Å². The number of hydrogen-bond acceptors (Lipinski definition) is 7.